The van der Waals surface area contributed by atoms with Crippen LogP contribution in [0, 0.1) is 31.0 Å². The molecule has 3 heteroatoms. The van der Waals surface area contributed by atoms with Crippen molar-refractivity contribution in [3.63, 3.8) is 0 Å². The lowest BCUT2D eigenvalue weighted by atomic mass is 9.88. The van der Waals surface area contributed by atoms with Crippen LogP contribution in [0.5, 0.6) is 0 Å². The zero-order valence-corrected chi connectivity index (χ0v) is 11.4. The van der Waals surface area contributed by atoms with Gasteiger partial charge in [0, 0.05) is 5.56 Å². The molecule has 2 nitrogen and oxygen atoms in total. The third-order valence-electron chi connectivity index (χ3n) is 3.36. The average molecular weight is 267 g/mol. The lowest BCUT2D eigenvalue weighted by Gasteiger charge is -2.13. The van der Waals surface area contributed by atoms with Crippen LogP contribution in [0.4, 0.5) is 4.39 Å². The maximum Gasteiger partial charge on any atom is 0.184 e. The second-order valence-electron chi connectivity index (χ2n) is 4.74. The summed E-state index contributed by atoms with van der Waals surface area (Å²) >= 11 is 0. The van der Waals surface area contributed by atoms with Crippen molar-refractivity contribution in [1.82, 2.24) is 0 Å². The van der Waals surface area contributed by atoms with Crippen molar-refractivity contribution in [2.45, 2.75) is 19.8 Å². The SMILES string of the molecule is Cc1ccc(F)cc1C(=O)C(C#N)c1ccccc1C. The fourth-order valence-electron chi connectivity index (χ4n) is 2.20. The van der Waals surface area contributed by atoms with E-state index in [1.54, 1.807) is 25.1 Å². The number of rotatable bonds is 3. The van der Waals surface area contributed by atoms with Crippen LogP contribution in [0.3, 0.4) is 0 Å². The molecule has 0 aliphatic carbocycles. The summed E-state index contributed by atoms with van der Waals surface area (Å²) in [7, 11) is 0. The van der Waals surface area contributed by atoms with Crippen LogP contribution in [-0.4, -0.2) is 5.78 Å². The third kappa shape index (κ3) is 2.60. The Hall–Kier alpha value is -2.47. The minimum absolute atomic E-state index is 0.264. The molecule has 2 aromatic rings. The highest BCUT2D eigenvalue weighted by Crippen LogP contribution is 2.25. The molecule has 1 unspecified atom stereocenters. The number of nitriles is 1. The summed E-state index contributed by atoms with van der Waals surface area (Å²) in [6.07, 6.45) is 0. The summed E-state index contributed by atoms with van der Waals surface area (Å²) in [6.45, 7) is 3.59. The number of ketones is 1. The first-order valence-corrected chi connectivity index (χ1v) is 6.30. The van der Waals surface area contributed by atoms with E-state index in [1.165, 1.54) is 12.1 Å². The number of halogens is 1. The van der Waals surface area contributed by atoms with Gasteiger partial charge in [0.1, 0.15) is 11.7 Å². The molecule has 0 N–H and O–H groups in total. The first-order valence-electron chi connectivity index (χ1n) is 6.30. The zero-order valence-electron chi connectivity index (χ0n) is 11.4. The normalized spacial score (nSPS) is 11.7. The molecule has 1 atom stereocenters. The van der Waals surface area contributed by atoms with Crippen molar-refractivity contribution in [1.29, 1.82) is 5.26 Å². The van der Waals surface area contributed by atoms with E-state index in [2.05, 4.69) is 0 Å². The van der Waals surface area contributed by atoms with Crippen LogP contribution in [0.25, 0.3) is 0 Å². The highest BCUT2D eigenvalue weighted by molar-refractivity contribution is 6.04. The predicted octanol–water partition coefficient (Wildman–Crippen LogP) is 3.93. The molecular formula is C17H14FNO. The summed E-state index contributed by atoms with van der Waals surface area (Å²) in [4.78, 5) is 12.5. The van der Waals surface area contributed by atoms with Crippen LogP contribution in [0.1, 0.15) is 33.0 Å². The Bertz CT molecular complexity index is 700. The molecule has 0 heterocycles. The van der Waals surface area contributed by atoms with Gasteiger partial charge in [-0.3, -0.25) is 4.79 Å². The standard InChI is InChI=1S/C17H14FNO/c1-11-5-3-4-6-14(11)16(10-19)17(20)15-9-13(18)8-7-12(15)2/h3-9,16H,1-2H3. The largest absolute Gasteiger partial charge is 0.292 e. The van der Waals surface area contributed by atoms with E-state index in [0.717, 1.165) is 5.56 Å². The molecule has 0 aliphatic heterocycles. The molecule has 2 aromatic carbocycles. The van der Waals surface area contributed by atoms with Crippen LogP contribution in [0.2, 0.25) is 0 Å². The van der Waals surface area contributed by atoms with Crippen LogP contribution < -0.4 is 0 Å². The highest BCUT2D eigenvalue weighted by Gasteiger charge is 2.24. The molecule has 0 fully saturated rings. The molecule has 0 aromatic heterocycles. The Morgan fingerprint density at radius 3 is 2.50 bits per heavy atom. The van der Waals surface area contributed by atoms with E-state index in [9.17, 15) is 14.4 Å². The molecule has 20 heavy (non-hydrogen) atoms. The molecule has 0 radical (unpaired) electrons. The van der Waals surface area contributed by atoms with Gasteiger partial charge in [-0.1, -0.05) is 30.3 Å². The molecule has 0 saturated heterocycles. The lowest BCUT2D eigenvalue weighted by Crippen LogP contribution is -2.14. The fourth-order valence-corrected chi connectivity index (χ4v) is 2.20. The van der Waals surface area contributed by atoms with Crippen LogP contribution in [-0.2, 0) is 0 Å². The predicted molar refractivity (Wildman–Crippen MR) is 75.0 cm³/mol. The molecule has 0 spiro atoms. The molecule has 0 bridgehead atoms. The number of aryl methyl sites for hydroxylation is 2. The van der Waals surface area contributed by atoms with Crippen molar-refractivity contribution in [3.05, 3.63) is 70.5 Å². The van der Waals surface area contributed by atoms with E-state index in [1.807, 2.05) is 25.1 Å². The van der Waals surface area contributed by atoms with Crippen molar-refractivity contribution in [2.24, 2.45) is 0 Å². The van der Waals surface area contributed by atoms with Crippen molar-refractivity contribution in [2.75, 3.05) is 0 Å². The summed E-state index contributed by atoms with van der Waals surface area (Å²) in [6, 6.07) is 13.3. The van der Waals surface area contributed by atoms with Gasteiger partial charge in [0.2, 0.25) is 0 Å². The van der Waals surface area contributed by atoms with Gasteiger partial charge in [-0.25, -0.2) is 4.39 Å². The maximum atomic E-state index is 13.3. The van der Waals surface area contributed by atoms with E-state index >= 15 is 0 Å². The van der Waals surface area contributed by atoms with Gasteiger partial charge in [-0.15, -0.1) is 0 Å². The minimum atomic E-state index is -0.906. The summed E-state index contributed by atoms with van der Waals surface area (Å²) in [5, 5.41) is 9.33. The number of hydrogen-bond acceptors (Lipinski definition) is 2. The van der Waals surface area contributed by atoms with Gasteiger partial charge < -0.3 is 0 Å². The second kappa shape index (κ2) is 5.66. The summed E-state index contributed by atoms with van der Waals surface area (Å²) < 4.78 is 13.3. The average Bonchev–Trinajstić information content (AvgIpc) is 2.44. The van der Waals surface area contributed by atoms with Crippen molar-refractivity contribution in [3.8, 4) is 6.07 Å². The lowest BCUT2D eigenvalue weighted by molar-refractivity contribution is 0.0977. The van der Waals surface area contributed by atoms with Crippen molar-refractivity contribution >= 4 is 5.78 Å². The highest BCUT2D eigenvalue weighted by atomic mass is 19.1. The Balaban J connectivity index is 2.48. The quantitative estimate of drug-likeness (QED) is 0.790. The van der Waals surface area contributed by atoms with Gasteiger partial charge in [-0.2, -0.15) is 5.26 Å². The fraction of sp³-hybridized carbons (Fsp3) is 0.176. The van der Waals surface area contributed by atoms with Gasteiger partial charge >= 0.3 is 0 Å². The van der Waals surface area contributed by atoms with E-state index in [0.29, 0.717) is 11.1 Å². The summed E-state index contributed by atoms with van der Waals surface area (Å²) in [5.41, 5.74) is 2.48. The monoisotopic (exact) mass is 267 g/mol. The Morgan fingerprint density at radius 2 is 1.85 bits per heavy atom. The van der Waals surface area contributed by atoms with E-state index in [4.69, 9.17) is 0 Å². The number of hydrogen-bond donors (Lipinski definition) is 0. The number of nitrogens with zero attached hydrogens (tertiary/aromatic N) is 1. The number of carbonyl (C=O) groups is 1. The van der Waals surface area contributed by atoms with E-state index < -0.39 is 11.7 Å². The maximum absolute atomic E-state index is 13.3. The smallest absolute Gasteiger partial charge is 0.184 e. The Kier molecular flexibility index (Phi) is 3.95. The minimum Gasteiger partial charge on any atom is -0.292 e. The second-order valence-corrected chi connectivity index (χ2v) is 4.74. The topological polar surface area (TPSA) is 40.9 Å². The zero-order chi connectivity index (χ0) is 14.7. The van der Waals surface area contributed by atoms with Crippen LogP contribution >= 0.6 is 0 Å². The Labute approximate surface area is 117 Å². The summed E-state index contributed by atoms with van der Waals surface area (Å²) in [5.74, 6) is -1.74. The molecule has 0 aliphatic rings. The first kappa shape index (κ1) is 14.0. The van der Waals surface area contributed by atoms with Crippen molar-refractivity contribution < 1.29 is 9.18 Å². The van der Waals surface area contributed by atoms with Gasteiger partial charge in [0.15, 0.2) is 5.78 Å². The van der Waals surface area contributed by atoms with E-state index in [-0.39, 0.29) is 11.3 Å². The molecule has 100 valence electrons. The number of Topliss-reactive ketones (excluding diaryl/α,β-unsaturated/α-hetero) is 1. The van der Waals surface area contributed by atoms with Crippen LogP contribution in [0.15, 0.2) is 42.5 Å². The van der Waals surface area contributed by atoms with Gasteiger partial charge in [0.25, 0.3) is 0 Å². The molecular weight excluding hydrogens is 253 g/mol. The van der Waals surface area contributed by atoms with Gasteiger partial charge in [0.05, 0.1) is 6.07 Å². The molecule has 0 saturated carbocycles. The number of carbonyl (C=O) groups excluding carboxylic acids is 1. The molecule has 2 rings (SSSR count). The Morgan fingerprint density at radius 1 is 1.15 bits per heavy atom. The first-order chi connectivity index (χ1) is 9.54. The number of benzene rings is 2. The van der Waals surface area contributed by atoms with Gasteiger partial charge in [-0.05, 0) is 42.7 Å². The molecule has 0 amide bonds. The third-order valence-corrected chi connectivity index (χ3v) is 3.36.